The summed E-state index contributed by atoms with van der Waals surface area (Å²) in [7, 11) is 0. The third-order valence-electron chi connectivity index (χ3n) is 3.98. The van der Waals surface area contributed by atoms with Gasteiger partial charge in [0.2, 0.25) is 5.91 Å². The first-order chi connectivity index (χ1) is 10.5. The SMILES string of the molecule is Cc1cc(C)n(-c2cncc(N3CCC[C@@H](C(N)=O)C3)n2)n1. The Morgan fingerprint density at radius 3 is 2.77 bits per heavy atom. The quantitative estimate of drug-likeness (QED) is 0.912. The highest BCUT2D eigenvalue weighted by atomic mass is 16.1. The van der Waals surface area contributed by atoms with Crippen molar-refractivity contribution in [3.8, 4) is 5.82 Å². The van der Waals surface area contributed by atoms with Gasteiger partial charge in [0.1, 0.15) is 5.82 Å². The second-order valence-electron chi connectivity index (χ2n) is 5.76. The molecule has 2 aromatic heterocycles. The third-order valence-corrected chi connectivity index (χ3v) is 3.98. The normalized spacial score (nSPS) is 18.5. The molecule has 7 heteroatoms. The van der Waals surface area contributed by atoms with Crippen LogP contribution in [0.2, 0.25) is 0 Å². The Hall–Kier alpha value is -2.44. The van der Waals surface area contributed by atoms with Crippen LogP contribution in [0.5, 0.6) is 0 Å². The lowest BCUT2D eigenvalue weighted by molar-refractivity contribution is -0.122. The number of carbonyl (C=O) groups is 1. The lowest BCUT2D eigenvalue weighted by Crippen LogP contribution is -2.41. The molecule has 7 nitrogen and oxygen atoms in total. The van der Waals surface area contributed by atoms with Crippen molar-refractivity contribution in [3.05, 3.63) is 29.8 Å². The van der Waals surface area contributed by atoms with Crippen LogP contribution in [0.15, 0.2) is 18.5 Å². The number of piperidine rings is 1. The van der Waals surface area contributed by atoms with Gasteiger partial charge in [0, 0.05) is 18.8 Å². The van der Waals surface area contributed by atoms with Gasteiger partial charge >= 0.3 is 0 Å². The van der Waals surface area contributed by atoms with Gasteiger partial charge in [-0.05, 0) is 32.8 Å². The van der Waals surface area contributed by atoms with Gasteiger partial charge in [-0.3, -0.25) is 9.78 Å². The van der Waals surface area contributed by atoms with E-state index in [1.807, 2.05) is 19.9 Å². The number of aryl methyl sites for hydroxylation is 2. The van der Waals surface area contributed by atoms with Crippen molar-refractivity contribution in [1.29, 1.82) is 0 Å². The molecule has 0 unspecified atom stereocenters. The van der Waals surface area contributed by atoms with E-state index in [1.165, 1.54) is 0 Å². The number of nitrogens with two attached hydrogens (primary N) is 1. The van der Waals surface area contributed by atoms with Crippen LogP contribution >= 0.6 is 0 Å². The maximum atomic E-state index is 11.4. The zero-order chi connectivity index (χ0) is 15.7. The van der Waals surface area contributed by atoms with Crippen LogP contribution in [0.1, 0.15) is 24.2 Å². The predicted molar refractivity (Wildman–Crippen MR) is 82.8 cm³/mol. The molecule has 0 aromatic carbocycles. The molecular weight excluding hydrogens is 280 g/mol. The Balaban J connectivity index is 1.88. The van der Waals surface area contributed by atoms with Gasteiger partial charge in [0.15, 0.2) is 5.82 Å². The van der Waals surface area contributed by atoms with Gasteiger partial charge in [-0.1, -0.05) is 0 Å². The van der Waals surface area contributed by atoms with E-state index in [0.717, 1.165) is 36.6 Å². The summed E-state index contributed by atoms with van der Waals surface area (Å²) in [4.78, 5) is 22.4. The summed E-state index contributed by atoms with van der Waals surface area (Å²) in [5.74, 6) is 1.08. The number of primary amides is 1. The Morgan fingerprint density at radius 1 is 1.32 bits per heavy atom. The zero-order valence-electron chi connectivity index (χ0n) is 12.9. The molecule has 2 aromatic rings. The van der Waals surface area contributed by atoms with Crippen molar-refractivity contribution in [2.24, 2.45) is 11.7 Å². The van der Waals surface area contributed by atoms with Crippen LogP contribution in [-0.4, -0.2) is 38.7 Å². The average molecular weight is 300 g/mol. The summed E-state index contributed by atoms with van der Waals surface area (Å²) in [5, 5.41) is 4.43. The van der Waals surface area contributed by atoms with Gasteiger partial charge in [-0.2, -0.15) is 5.10 Å². The van der Waals surface area contributed by atoms with Gasteiger partial charge in [-0.15, -0.1) is 0 Å². The fraction of sp³-hybridized carbons (Fsp3) is 0.467. The van der Waals surface area contributed by atoms with E-state index < -0.39 is 0 Å². The first-order valence-electron chi connectivity index (χ1n) is 7.44. The number of carbonyl (C=O) groups excluding carboxylic acids is 1. The van der Waals surface area contributed by atoms with Crippen LogP contribution < -0.4 is 10.6 Å². The molecule has 0 bridgehead atoms. The molecule has 2 N–H and O–H groups in total. The smallest absolute Gasteiger partial charge is 0.222 e. The molecular formula is C15H20N6O. The van der Waals surface area contributed by atoms with E-state index in [9.17, 15) is 4.79 Å². The molecule has 0 radical (unpaired) electrons. The van der Waals surface area contributed by atoms with Gasteiger partial charge in [0.05, 0.1) is 24.0 Å². The van der Waals surface area contributed by atoms with Crippen molar-refractivity contribution < 1.29 is 4.79 Å². The third kappa shape index (κ3) is 2.79. The van der Waals surface area contributed by atoms with E-state index in [-0.39, 0.29) is 11.8 Å². The van der Waals surface area contributed by atoms with E-state index in [0.29, 0.717) is 12.4 Å². The summed E-state index contributed by atoms with van der Waals surface area (Å²) in [6.07, 6.45) is 5.19. The lowest BCUT2D eigenvalue weighted by atomic mass is 9.98. The summed E-state index contributed by atoms with van der Waals surface area (Å²) in [6, 6.07) is 2.00. The fourth-order valence-corrected chi connectivity index (χ4v) is 2.88. The molecule has 0 aliphatic carbocycles. The Kier molecular flexibility index (Phi) is 3.79. The van der Waals surface area contributed by atoms with Crippen LogP contribution in [-0.2, 0) is 4.79 Å². The Morgan fingerprint density at radius 2 is 2.09 bits per heavy atom. The first kappa shape index (κ1) is 14.5. The highest BCUT2D eigenvalue weighted by Gasteiger charge is 2.25. The van der Waals surface area contributed by atoms with Crippen molar-refractivity contribution in [2.75, 3.05) is 18.0 Å². The molecule has 1 saturated heterocycles. The molecule has 116 valence electrons. The van der Waals surface area contributed by atoms with Crippen LogP contribution in [0, 0.1) is 19.8 Å². The molecule has 1 atom stereocenters. The molecule has 0 saturated carbocycles. The van der Waals surface area contributed by atoms with Crippen molar-refractivity contribution in [3.63, 3.8) is 0 Å². The molecule has 1 aliphatic rings. The lowest BCUT2D eigenvalue weighted by Gasteiger charge is -2.31. The molecule has 1 aliphatic heterocycles. The minimum absolute atomic E-state index is 0.118. The first-order valence-corrected chi connectivity index (χ1v) is 7.44. The summed E-state index contributed by atoms with van der Waals surface area (Å²) >= 11 is 0. The number of nitrogens with zero attached hydrogens (tertiary/aromatic N) is 5. The second kappa shape index (κ2) is 5.75. The van der Waals surface area contributed by atoms with Gasteiger partial charge < -0.3 is 10.6 Å². The minimum Gasteiger partial charge on any atom is -0.369 e. The Bertz CT molecular complexity index is 695. The van der Waals surface area contributed by atoms with Crippen molar-refractivity contribution >= 4 is 11.7 Å². The van der Waals surface area contributed by atoms with E-state index in [4.69, 9.17) is 5.73 Å². The van der Waals surface area contributed by atoms with Gasteiger partial charge in [-0.25, -0.2) is 9.67 Å². The number of hydrogen-bond acceptors (Lipinski definition) is 5. The molecule has 1 amide bonds. The number of anilines is 1. The zero-order valence-corrected chi connectivity index (χ0v) is 12.9. The molecule has 0 spiro atoms. The van der Waals surface area contributed by atoms with E-state index >= 15 is 0 Å². The predicted octanol–water partition coefficient (Wildman–Crippen LogP) is 0.981. The molecule has 3 heterocycles. The number of amides is 1. The molecule has 1 fully saturated rings. The largest absolute Gasteiger partial charge is 0.369 e. The summed E-state index contributed by atoms with van der Waals surface area (Å²) in [5.41, 5.74) is 7.39. The van der Waals surface area contributed by atoms with Crippen LogP contribution in [0.25, 0.3) is 5.82 Å². The number of hydrogen-bond donors (Lipinski definition) is 1. The van der Waals surface area contributed by atoms with Crippen LogP contribution in [0.4, 0.5) is 5.82 Å². The Labute approximate surface area is 129 Å². The van der Waals surface area contributed by atoms with E-state index in [1.54, 1.807) is 17.1 Å². The van der Waals surface area contributed by atoms with Crippen molar-refractivity contribution in [2.45, 2.75) is 26.7 Å². The number of aromatic nitrogens is 4. The summed E-state index contributed by atoms with van der Waals surface area (Å²) in [6.45, 7) is 5.39. The minimum atomic E-state index is -0.243. The average Bonchev–Trinajstić information content (AvgIpc) is 2.86. The topological polar surface area (TPSA) is 89.9 Å². The molecule has 22 heavy (non-hydrogen) atoms. The van der Waals surface area contributed by atoms with Crippen molar-refractivity contribution in [1.82, 2.24) is 19.7 Å². The fourth-order valence-electron chi connectivity index (χ4n) is 2.88. The maximum Gasteiger partial charge on any atom is 0.222 e. The summed E-state index contributed by atoms with van der Waals surface area (Å²) < 4.78 is 1.78. The number of rotatable bonds is 3. The second-order valence-corrected chi connectivity index (χ2v) is 5.76. The van der Waals surface area contributed by atoms with E-state index in [2.05, 4.69) is 20.0 Å². The van der Waals surface area contributed by atoms with Crippen LogP contribution in [0.3, 0.4) is 0 Å². The molecule has 3 rings (SSSR count). The maximum absolute atomic E-state index is 11.4. The highest BCUT2D eigenvalue weighted by Crippen LogP contribution is 2.22. The standard InChI is InChI=1S/C15H20N6O/c1-10-6-11(2)21(19-10)14-8-17-7-13(18-14)20-5-3-4-12(9-20)15(16)22/h6-8,12H,3-5,9H2,1-2H3,(H2,16,22)/t12-/m1/s1. The monoisotopic (exact) mass is 300 g/mol. The highest BCUT2D eigenvalue weighted by molar-refractivity contribution is 5.77. The van der Waals surface area contributed by atoms with Gasteiger partial charge in [0.25, 0.3) is 0 Å².